The summed E-state index contributed by atoms with van der Waals surface area (Å²) in [6.07, 6.45) is 4.23. The van der Waals surface area contributed by atoms with Crippen LogP contribution in [0.2, 0.25) is 5.02 Å². The fourth-order valence-electron chi connectivity index (χ4n) is 3.69. The number of nitrogens with one attached hydrogen (secondary N) is 1. The highest BCUT2D eigenvalue weighted by molar-refractivity contribution is 6.30. The quantitative estimate of drug-likeness (QED) is 0.933. The molecule has 1 N–H and O–H groups in total. The fraction of sp³-hybridized carbons (Fsp3) is 0.529. The van der Waals surface area contributed by atoms with E-state index in [2.05, 4.69) is 22.1 Å². The summed E-state index contributed by atoms with van der Waals surface area (Å²) in [6, 6.07) is 5.20. The predicted octanol–water partition coefficient (Wildman–Crippen LogP) is 1.92. The van der Waals surface area contributed by atoms with Crippen molar-refractivity contribution < 1.29 is 0 Å². The van der Waals surface area contributed by atoms with E-state index in [1.807, 2.05) is 0 Å². The predicted molar refractivity (Wildman–Crippen MR) is 90.9 cm³/mol. The van der Waals surface area contributed by atoms with Crippen molar-refractivity contribution in [1.82, 2.24) is 19.6 Å². The molecule has 1 saturated carbocycles. The Labute approximate surface area is 140 Å². The van der Waals surface area contributed by atoms with Crippen LogP contribution >= 0.6 is 11.6 Å². The Balaban J connectivity index is 1.66. The molecule has 0 aromatic carbocycles. The topological polar surface area (TPSA) is 49.6 Å². The van der Waals surface area contributed by atoms with E-state index >= 15 is 0 Å². The Kier molecular flexibility index (Phi) is 3.67. The van der Waals surface area contributed by atoms with Gasteiger partial charge in [-0.25, -0.2) is 4.98 Å². The van der Waals surface area contributed by atoms with Gasteiger partial charge >= 0.3 is 0 Å². The van der Waals surface area contributed by atoms with Gasteiger partial charge in [-0.1, -0.05) is 11.6 Å². The molecule has 1 saturated heterocycles. The third kappa shape index (κ3) is 2.77. The van der Waals surface area contributed by atoms with E-state index in [-0.39, 0.29) is 11.1 Å². The van der Waals surface area contributed by atoms with Crippen molar-refractivity contribution in [2.24, 2.45) is 5.92 Å². The van der Waals surface area contributed by atoms with Crippen LogP contribution in [0.5, 0.6) is 0 Å². The normalized spacial score (nSPS) is 25.8. The van der Waals surface area contributed by atoms with Gasteiger partial charge < -0.3 is 5.32 Å². The number of halogens is 1. The van der Waals surface area contributed by atoms with Crippen LogP contribution in [-0.2, 0) is 6.54 Å². The van der Waals surface area contributed by atoms with Crippen LogP contribution in [0.3, 0.4) is 0 Å². The minimum Gasteiger partial charge on any atom is -0.314 e. The SMILES string of the molecule is CC1(C2CC2)CNCCN1Cc1cc(=O)n2cc(Cl)ccc2n1. The lowest BCUT2D eigenvalue weighted by atomic mass is 9.91. The second-order valence-corrected chi connectivity index (χ2v) is 7.33. The third-order valence-electron chi connectivity index (χ3n) is 5.25. The summed E-state index contributed by atoms with van der Waals surface area (Å²) in [6.45, 7) is 6.06. The second-order valence-electron chi connectivity index (χ2n) is 6.89. The number of hydrogen-bond acceptors (Lipinski definition) is 4. The third-order valence-corrected chi connectivity index (χ3v) is 5.47. The van der Waals surface area contributed by atoms with Crippen molar-refractivity contribution in [3.8, 4) is 0 Å². The molecule has 1 atom stereocenters. The molecule has 6 heteroatoms. The molecule has 5 nitrogen and oxygen atoms in total. The van der Waals surface area contributed by atoms with Gasteiger partial charge in [0, 0.05) is 44.0 Å². The first-order valence-corrected chi connectivity index (χ1v) is 8.58. The highest BCUT2D eigenvalue weighted by atomic mass is 35.5. The highest BCUT2D eigenvalue weighted by Gasteiger charge is 2.46. The van der Waals surface area contributed by atoms with Gasteiger partial charge in [0.2, 0.25) is 0 Å². The van der Waals surface area contributed by atoms with Gasteiger partial charge in [-0.05, 0) is 37.8 Å². The molecule has 122 valence electrons. The van der Waals surface area contributed by atoms with Crippen molar-refractivity contribution in [3.05, 3.63) is 45.5 Å². The maximum atomic E-state index is 12.3. The zero-order valence-corrected chi connectivity index (χ0v) is 14.0. The monoisotopic (exact) mass is 332 g/mol. The van der Waals surface area contributed by atoms with E-state index in [0.29, 0.717) is 10.7 Å². The molecule has 1 aliphatic carbocycles. The van der Waals surface area contributed by atoms with Crippen molar-refractivity contribution in [2.45, 2.75) is 31.8 Å². The lowest BCUT2D eigenvalue weighted by Gasteiger charge is -2.45. The molecule has 2 aromatic rings. The maximum Gasteiger partial charge on any atom is 0.258 e. The Morgan fingerprint density at radius 1 is 1.43 bits per heavy atom. The molecule has 0 bridgehead atoms. The first-order chi connectivity index (χ1) is 11.1. The van der Waals surface area contributed by atoms with Crippen molar-refractivity contribution in [3.63, 3.8) is 0 Å². The van der Waals surface area contributed by atoms with E-state index in [4.69, 9.17) is 11.6 Å². The Hall–Kier alpha value is -1.43. The summed E-state index contributed by atoms with van der Waals surface area (Å²) < 4.78 is 1.50. The minimum atomic E-state index is -0.0734. The molecule has 4 rings (SSSR count). The van der Waals surface area contributed by atoms with Crippen molar-refractivity contribution in [1.29, 1.82) is 0 Å². The van der Waals surface area contributed by atoms with Crippen LogP contribution in [-0.4, -0.2) is 39.5 Å². The lowest BCUT2D eigenvalue weighted by Crippen LogP contribution is -2.60. The molecule has 2 fully saturated rings. The first-order valence-electron chi connectivity index (χ1n) is 8.20. The second kappa shape index (κ2) is 5.58. The van der Waals surface area contributed by atoms with Gasteiger partial charge in [0.15, 0.2) is 0 Å². The fourth-order valence-corrected chi connectivity index (χ4v) is 3.85. The number of rotatable bonds is 3. The number of aromatic nitrogens is 2. The van der Waals surface area contributed by atoms with Gasteiger partial charge in [-0.3, -0.25) is 14.1 Å². The van der Waals surface area contributed by atoms with Gasteiger partial charge in [0.05, 0.1) is 10.7 Å². The zero-order chi connectivity index (χ0) is 16.0. The van der Waals surface area contributed by atoms with E-state index in [1.165, 1.54) is 17.2 Å². The summed E-state index contributed by atoms with van der Waals surface area (Å²) in [7, 11) is 0. The van der Waals surface area contributed by atoms with Crippen LogP contribution in [0, 0.1) is 5.92 Å². The Bertz CT molecular complexity index is 801. The first kappa shape index (κ1) is 15.1. The van der Waals surface area contributed by atoms with Crippen LogP contribution in [0.4, 0.5) is 0 Å². The van der Waals surface area contributed by atoms with E-state index < -0.39 is 0 Å². The van der Waals surface area contributed by atoms with Gasteiger partial charge in [0.25, 0.3) is 5.56 Å². The highest BCUT2D eigenvalue weighted by Crippen LogP contribution is 2.43. The maximum absolute atomic E-state index is 12.3. The molecule has 0 radical (unpaired) electrons. The van der Waals surface area contributed by atoms with E-state index in [9.17, 15) is 4.79 Å². The summed E-state index contributed by atoms with van der Waals surface area (Å²) in [5, 5.41) is 4.06. The molecule has 1 unspecified atom stereocenters. The van der Waals surface area contributed by atoms with Crippen LogP contribution in [0.1, 0.15) is 25.5 Å². The molecule has 3 heterocycles. The number of pyridine rings is 1. The van der Waals surface area contributed by atoms with Crippen LogP contribution < -0.4 is 10.9 Å². The van der Waals surface area contributed by atoms with Gasteiger partial charge in [0.1, 0.15) is 5.65 Å². The number of piperazine rings is 1. The molecular weight excluding hydrogens is 312 g/mol. The average Bonchev–Trinajstić information content (AvgIpc) is 3.36. The van der Waals surface area contributed by atoms with Crippen molar-refractivity contribution >= 4 is 17.2 Å². The molecule has 2 aliphatic rings. The number of nitrogens with zero attached hydrogens (tertiary/aromatic N) is 3. The van der Waals surface area contributed by atoms with Gasteiger partial charge in [-0.2, -0.15) is 0 Å². The summed E-state index contributed by atoms with van der Waals surface area (Å²) in [5.74, 6) is 0.760. The number of fused-ring (bicyclic) bond motifs is 1. The summed E-state index contributed by atoms with van der Waals surface area (Å²) in [5.41, 5.74) is 1.59. The minimum absolute atomic E-state index is 0.0734. The molecule has 0 amide bonds. The standard InChI is InChI=1S/C17H21ClN4O/c1-17(12-2-3-12)11-19-6-7-21(17)10-14-8-16(23)22-9-13(18)4-5-15(22)20-14/h4-5,8-9,12,19H,2-3,6-7,10-11H2,1H3. The molecule has 0 spiro atoms. The molecular formula is C17H21ClN4O. The Morgan fingerprint density at radius 2 is 2.26 bits per heavy atom. The number of hydrogen-bond donors (Lipinski definition) is 1. The average molecular weight is 333 g/mol. The van der Waals surface area contributed by atoms with Crippen LogP contribution in [0.15, 0.2) is 29.2 Å². The Morgan fingerprint density at radius 3 is 3.04 bits per heavy atom. The molecule has 23 heavy (non-hydrogen) atoms. The van der Waals surface area contributed by atoms with Crippen molar-refractivity contribution in [2.75, 3.05) is 19.6 Å². The largest absolute Gasteiger partial charge is 0.314 e. The van der Waals surface area contributed by atoms with Gasteiger partial charge in [-0.15, -0.1) is 0 Å². The van der Waals surface area contributed by atoms with Crippen LogP contribution in [0.25, 0.3) is 5.65 Å². The van der Waals surface area contributed by atoms with E-state index in [1.54, 1.807) is 24.4 Å². The summed E-state index contributed by atoms with van der Waals surface area (Å²) >= 11 is 5.96. The summed E-state index contributed by atoms with van der Waals surface area (Å²) in [4.78, 5) is 19.5. The molecule has 1 aliphatic heterocycles. The smallest absolute Gasteiger partial charge is 0.258 e. The zero-order valence-electron chi connectivity index (χ0n) is 13.3. The lowest BCUT2D eigenvalue weighted by molar-refractivity contribution is 0.0473. The molecule has 2 aromatic heterocycles. The van der Waals surface area contributed by atoms with E-state index in [0.717, 1.165) is 37.8 Å².